The highest BCUT2D eigenvalue weighted by Crippen LogP contribution is 2.29. The smallest absolute Gasteiger partial charge is 0.164 e. The lowest BCUT2D eigenvalue weighted by Crippen LogP contribution is -2.24. The van der Waals surface area contributed by atoms with Gasteiger partial charge in [0.15, 0.2) is 5.82 Å². The van der Waals surface area contributed by atoms with E-state index in [-0.39, 0.29) is 16.4 Å². The standard InChI is InChI=1S/C13H14Cl2FN3/c1-13(2,3)19-11(7-14)17-18-12(19)8-4-5-10(16)9(15)6-8/h4-6H,7H2,1-3H3. The number of aromatic nitrogens is 3. The Morgan fingerprint density at radius 1 is 1.26 bits per heavy atom. The predicted octanol–water partition coefficient (Wildman–Crippen LogP) is 4.23. The molecule has 1 heterocycles. The lowest BCUT2D eigenvalue weighted by molar-refractivity contribution is 0.390. The Hall–Kier alpha value is -1.13. The van der Waals surface area contributed by atoms with Crippen molar-refractivity contribution < 1.29 is 4.39 Å². The Morgan fingerprint density at radius 2 is 1.95 bits per heavy atom. The van der Waals surface area contributed by atoms with Crippen LogP contribution in [0, 0.1) is 5.82 Å². The number of hydrogen-bond donors (Lipinski definition) is 0. The van der Waals surface area contributed by atoms with E-state index in [2.05, 4.69) is 10.2 Å². The van der Waals surface area contributed by atoms with E-state index in [1.54, 1.807) is 12.1 Å². The zero-order valence-corrected chi connectivity index (χ0v) is 12.4. The van der Waals surface area contributed by atoms with E-state index < -0.39 is 5.82 Å². The number of benzene rings is 1. The molecule has 0 atom stereocenters. The molecule has 3 nitrogen and oxygen atoms in total. The summed E-state index contributed by atoms with van der Waals surface area (Å²) in [5, 5.41) is 8.28. The second-order valence-electron chi connectivity index (χ2n) is 5.21. The van der Waals surface area contributed by atoms with Crippen LogP contribution in [0.2, 0.25) is 5.02 Å². The molecule has 0 aliphatic rings. The number of hydrogen-bond acceptors (Lipinski definition) is 2. The largest absolute Gasteiger partial charge is 0.305 e. The fourth-order valence-electron chi connectivity index (χ4n) is 1.93. The number of halogens is 3. The van der Waals surface area contributed by atoms with Crippen molar-refractivity contribution in [1.82, 2.24) is 14.8 Å². The molecule has 2 rings (SSSR count). The van der Waals surface area contributed by atoms with Crippen molar-refractivity contribution in [3.05, 3.63) is 34.9 Å². The average Bonchev–Trinajstić information content (AvgIpc) is 2.76. The van der Waals surface area contributed by atoms with E-state index in [1.807, 2.05) is 25.3 Å². The fourth-order valence-corrected chi connectivity index (χ4v) is 2.28. The minimum absolute atomic E-state index is 0.0633. The van der Waals surface area contributed by atoms with Gasteiger partial charge in [0.2, 0.25) is 0 Å². The van der Waals surface area contributed by atoms with Gasteiger partial charge in [-0.3, -0.25) is 0 Å². The molecule has 19 heavy (non-hydrogen) atoms. The normalized spacial score (nSPS) is 11.9. The van der Waals surface area contributed by atoms with Crippen LogP contribution in [0.4, 0.5) is 4.39 Å². The first-order chi connectivity index (χ1) is 8.84. The van der Waals surface area contributed by atoms with Gasteiger partial charge in [-0.25, -0.2) is 4.39 Å². The van der Waals surface area contributed by atoms with Crippen molar-refractivity contribution in [1.29, 1.82) is 0 Å². The van der Waals surface area contributed by atoms with Crippen LogP contribution in [0.1, 0.15) is 26.6 Å². The molecule has 0 aliphatic heterocycles. The fraction of sp³-hybridized carbons (Fsp3) is 0.385. The minimum Gasteiger partial charge on any atom is -0.305 e. The molecule has 0 spiro atoms. The van der Waals surface area contributed by atoms with Gasteiger partial charge in [-0.15, -0.1) is 21.8 Å². The van der Waals surface area contributed by atoms with Crippen molar-refractivity contribution >= 4 is 23.2 Å². The Labute approximate surface area is 121 Å². The summed E-state index contributed by atoms with van der Waals surface area (Å²) >= 11 is 11.7. The summed E-state index contributed by atoms with van der Waals surface area (Å²) in [5.41, 5.74) is 0.481. The van der Waals surface area contributed by atoms with Crippen LogP contribution in [0.15, 0.2) is 18.2 Å². The summed E-state index contributed by atoms with van der Waals surface area (Å²) in [6.07, 6.45) is 0. The molecule has 0 saturated carbocycles. The molecule has 1 aromatic carbocycles. The van der Waals surface area contributed by atoms with Gasteiger partial charge in [0, 0.05) is 11.1 Å². The molecule has 0 unspecified atom stereocenters. The highest BCUT2D eigenvalue weighted by molar-refractivity contribution is 6.31. The average molecular weight is 302 g/mol. The van der Waals surface area contributed by atoms with Gasteiger partial charge >= 0.3 is 0 Å². The van der Waals surface area contributed by atoms with Crippen LogP contribution in [-0.2, 0) is 11.4 Å². The first kappa shape index (κ1) is 14.3. The maximum absolute atomic E-state index is 13.2. The zero-order chi connectivity index (χ0) is 14.2. The molecule has 0 amide bonds. The lowest BCUT2D eigenvalue weighted by atomic mass is 10.1. The molecule has 0 N–H and O–H groups in total. The van der Waals surface area contributed by atoms with Crippen LogP contribution in [-0.4, -0.2) is 14.8 Å². The molecule has 2 aromatic rings. The second-order valence-corrected chi connectivity index (χ2v) is 5.88. The molecule has 0 fully saturated rings. The number of alkyl halides is 1. The molecule has 6 heteroatoms. The van der Waals surface area contributed by atoms with Crippen LogP contribution in [0.5, 0.6) is 0 Å². The van der Waals surface area contributed by atoms with E-state index in [1.165, 1.54) is 6.07 Å². The van der Waals surface area contributed by atoms with Crippen molar-refractivity contribution in [2.45, 2.75) is 32.2 Å². The second kappa shape index (κ2) is 5.10. The monoisotopic (exact) mass is 301 g/mol. The van der Waals surface area contributed by atoms with E-state index >= 15 is 0 Å². The van der Waals surface area contributed by atoms with Gasteiger partial charge in [-0.05, 0) is 39.0 Å². The topological polar surface area (TPSA) is 30.7 Å². The van der Waals surface area contributed by atoms with Crippen molar-refractivity contribution in [2.24, 2.45) is 0 Å². The quantitative estimate of drug-likeness (QED) is 0.777. The molecule has 0 bridgehead atoms. The van der Waals surface area contributed by atoms with E-state index in [0.717, 1.165) is 0 Å². The van der Waals surface area contributed by atoms with Crippen molar-refractivity contribution in [3.8, 4) is 11.4 Å². The van der Waals surface area contributed by atoms with Crippen molar-refractivity contribution in [2.75, 3.05) is 0 Å². The van der Waals surface area contributed by atoms with Gasteiger partial charge < -0.3 is 4.57 Å². The SMILES string of the molecule is CC(C)(C)n1c(CCl)nnc1-c1ccc(F)c(Cl)c1. The molecule has 0 saturated heterocycles. The predicted molar refractivity (Wildman–Crippen MR) is 75.0 cm³/mol. The Bertz CT molecular complexity index is 602. The van der Waals surface area contributed by atoms with Crippen LogP contribution in [0.3, 0.4) is 0 Å². The minimum atomic E-state index is -0.454. The summed E-state index contributed by atoms with van der Waals surface area (Å²) in [4.78, 5) is 0. The number of rotatable bonds is 2. The summed E-state index contributed by atoms with van der Waals surface area (Å²) in [6.45, 7) is 6.09. The van der Waals surface area contributed by atoms with Gasteiger partial charge in [-0.1, -0.05) is 11.6 Å². The highest BCUT2D eigenvalue weighted by Gasteiger charge is 2.23. The van der Waals surface area contributed by atoms with Gasteiger partial charge in [0.05, 0.1) is 10.9 Å². The maximum atomic E-state index is 13.2. The molecule has 102 valence electrons. The van der Waals surface area contributed by atoms with Crippen LogP contribution in [0.25, 0.3) is 11.4 Å². The first-order valence-electron chi connectivity index (χ1n) is 5.80. The molecule has 0 radical (unpaired) electrons. The molecule has 0 aliphatic carbocycles. The summed E-state index contributed by atoms with van der Waals surface area (Å²) in [6, 6.07) is 4.49. The zero-order valence-electron chi connectivity index (χ0n) is 10.9. The third kappa shape index (κ3) is 2.74. The molecular formula is C13H14Cl2FN3. The number of nitrogens with zero attached hydrogens (tertiary/aromatic N) is 3. The third-order valence-electron chi connectivity index (χ3n) is 2.70. The van der Waals surface area contributed by atoms with E-state index in [0.29, 0.717) is 17.2 Å². The van der Waals surface area contributed by atoms with Crippen LogP contribution >= 0.6 is 23.2 Å². The Balaban J connectivity index is 2.62. The highest BCUT2D eigenvalue weighted by atomic mass is 35.5. The summed E-state index contributed by atoms with van der Waals surface area (Å²) < 4.78 is 15.2. The van der Waals surface area contributed by atoms with E-state index in [9.17, 15) is 4.39 Å². The van der Waals surface area contributed by atoms with Gasteiger partial charge in [-0.2, -0.15) is 0 Å². The third-order valence-corrected chi connectivity index (χ3v) is 3.23. The Morgan fingerprint density at radius 3 is 2.47 bits per heavy atom. The lowest BCUT2D eigenvalue weighted by Gasteiger charge is -2.24. The molecular weight excluding hydrogens is 288 g/mol. The van der Waals surface area contributed by atoms with Crippen LogP contribution < -0.4 is 0 Å². The first-order valence-corrected chi connectivity index (χ1v) is 6.72. The maximum Gasteiger partial charge on any atom is 0.164 e. The summed E-state index contributed by atoms with van der Waals surface area (Å²) in [7, 11) is 0. The van der Waals surface area contributed by atoms with E-state index in [4.69, 9.17) is 23.2 Å². The van der Waals surface area contributed by atoms with Crippen molar-refractivity contribution in [3.63, 3.8) is 0 Å². The Kier molecular flexibility index (Phi) is 3.83. The summed E-state index contributed by atoms with van der Waals surface area (Å²) in [5.74, 6) is 1.11. The van der Waals surface area contributed by atoms with Gasteiger partial charge in [0.25, 0.3) is 0 Å². The van der Waals surface area contributed by atoms with Gasteiger partial charge in [0.1, 0.15) is 11.6 Å². The molecule has 1 aromatic heterocycles.